The van der Waals surface area contributed by atoms with Crippen LogP contribution < -0.4 is 5.32 Å². The second-order valence-corrected chi connectivity index (χ2v) is 6.56. The van der Waals surface area contributed by atoms with Gasteiger partial charge < -0.3 is 15.1 Å². The van der Waals surface area contributed by atoms with Gasteiger partial charge in [0.25, 0.3) is 5.91 Å². The maximum absolute atomic E-state index is 12.6. The lowest BCUT2D eigenvalue weighted by molar-refractivity contribution is 0.0643. The molecule has 0 bridgehead atoms. The molecule has 0 spiro atoms. The van der Waals surface area contributed by atoms with E-state index in [1.165, 1.54) is 0 Å². The van der Waals surface area contributed by atoms with E-state index < -0.39 is 0 Å². The average Bonchev–Trinajstić information content (AvgIpc) is 2.45. The number of carbonyl (C=O) groups is 1. The van der Waals surface area contributed by atoms with Gasteiger partial charge >= 0.3 is 0 Å². The molecule has 2 heterocycles. The van der Waals surface area contributed by atoms with E-state index in [1.54, 1.807) is 12.4 Å². The normalized spacial score (nSPS) is 16.9. The number of pyridine rings is 1. The van der Waals surface area contributed by atoms with Crippen molar-refractivity contribution in [2.45, 2.75) is 33.2 Å². The minimum absolute atomic E-state index is 0.0455. The fourth-order valence-corrected chi connectivity index (χ4v) is 2.51. The fourth-order valence-electron chi connectivity index (χ4n) is 2.51. The van der Waals surface area contributed by atoms with Gasteiger partial charge in [0.05, 0.1) is 11.3 Å². The summed E-state index contributed by atoms with van der Waals surface area (Å²) >= 11 is 0. The first kappa shape index (κ1) is 15.8. The predicted octanol–water partition coefficient (Wildman–Crippen LogP) is 2.07. The summed E-state index contributed by atoms with van der Waals surface area (Å²) in [6.45, 7) is 13.0. The van der Waals surface area contributed by atoms with Crippen LogP contribution in [-0.4, -0.2) is 59.0 Å². The first-order valence-electron chi connectivity index (χ1n) is 7.64. The molecule has 5 heteroatoms. The van der Waals surface area contributed by atoms with Gasteiger partial charge in [-0.05, 0) is 33.4 Å². The van der Waals surface area contributed by atoms with E-state index in [9.17, 15) is 4.79 Å². The zero-order valence-electron chi connectivity index (χ0n) is 13.5. The highest BCUT2D eigenvalue weighted by atomic mass is 16.2. The van der Waals surface area contributed by atoms with Crippen molar-refractivity contribution < 1.29 is 4.79 Å². The summed E-state index contributed by atoms with van der Waals surface area (Å²) in [5, 5.41) is 3.35. The third kappa shape index (κ3) is 4.43. The molecule has 0 saturated carbocycles. The molecular formula is C16H26N4O. The Bertz CT molecular complexity index is 487. The molecule has 0 atom stereocenters. The Labute approximate surface area is 127 Å². The summed E-state index contributed by atoms with van der Waals surface area (Å²) in [5.74, 6) is 0.0795. The molecule has 0 aromatic carbocycles. The summed E-state index contributed by atoms with van der Waals surface area (Å²) in [6, 6.07) is 1.90. The number of nitrogens with one attached hydrogen (secondary N) is 1. The molecule has 0 aliphatic carbocycles. The molecule has 0 radical (unpaired) electrons. The van der Waals surface area contributed by atoms with Gasteiger partial charge in [0, 0.05) is 44.1 Å². The fraction of sp³-hybridized carbons (Fsp3) is 0.625. The minimum atomic E-state index is -0.0455. The quantitative estimate of drug-likeness (QED) is 0.926. The van der Waals surface area contributed by atoms with Crippen LogP contribution in [0.1, 0.15) is 38.1 Å². The Balaban J connectivity index is 2.04. The number of anilines is 1. The van der Waals surface area contributed by atoms with Crippen LogP contribution in [0.4, 0.5) is 5.69 Å². The van der Waals surface area contributed by atoms with Crippen LogP contribution in [0.5, 0.6) is 0 Å². The molecule has 1 aromatic rings. The first-order valence-corrected chi connectivity index (χ1v) is 7.64. The number of nitrogens with zero attached hydrogens (tertiary/aromatic N) is 3. The first-order chi connectivity index (χ1) is 9.89. The van der Waals surface area contributed by atoms with E-state index in [0.717, 1.165) is 38.4 Å². The SMILES string of the molecule is CCN1CCN(C(=O)c2cncc(NC(C)(C)C)c2)CC1. The highest BCUT2D eigenvalue weighted by Crippen LogP contribution is 2.16. The van der Waals surface area contributed by atoms with Gasteiger partial charge in [-0.3, -0.25) is 9.78 Å². The second-order valence-electron chi connectivity index (χ2n) is 6.56. The van der Waals surface area contributed by atoms with Crippen LogP contribution in [0.15, 0.2) is 18.5 Å². The molecule has 1 aliphatic heterocycles. The van der Waals surface area contributed by atoms with Crippen molar-refractivity contribution in [3.63, 3.8) is 0 Å². The van der Waals surface area contributed by atoms with Gasteiger partial charge in [-0.1, -0.05) is 6.92 Å². The zero-order chi connectivity index (χ0) is 15.5. The van der Waals surface area contributed by atoms with E-state index >= 15 is 0 Å². The average molecular weight is 290 g/mol. The highest BCUT2D eigenvalue weighted by Gasteiger charge is 2.22. The van der Waals surface area contributed by atoms with Gasteiger partial charge in [0.2, 0.25) is 0 Å². The van der Waals surface area contributed by atoms with E-state index in [-0.39, 0.29) is 11.4 Å². The van der Waals surface area contributed by atoms with Gasteiger partial charge in [-0.2, -0.15) is 0 Å². The zero-order valence-corrected chi connectivity index (χ0v) is 13.5. The number of likely N-dealkylation sites (N-methyl/N-ethyl adjacent to an activating group) is 1. The Morgan fingerprint density at radius 2 is 1.90 bits per heavy atom. The largest absolute Gasteiger partial charge is 0.379 e. The van der Waals surface area contributed by atoms with Crippen molar-refractivity contribution in [2.75, 3.05) is 38.0 Å². The molecular weight excluding hydrogens is 264 g/mol. The van der Waals surface area contributed by atoms with Crippen LogP contribution in [0.3, 0.4) is 0 Å². The van der Waals surface area contributed by atoms with Crippen LogP contribution in [0.25, 0.3) is 0 Å². The molecule has 1 aromatic heterocycles. The number of aromatic nitrogens is 1. The molecule has 1 aliphatic rings. The van der Waals surface area contributed by atoms with Gasteiger partial charge in [0.1, 0.15) is 0 Å². The smallest absolute Gasteiger partial charge is 0.255 e. The Morgan fingerprint density at radius 3 is 2.48 bits per heavy atom. The third-order valence-electron chi connectivity index (χ3n) is 3.61. The molecule has 116 valence electrons. The van der Waals surface area contributed by atoms with Gasteiger partial charge in [-0.15, -0.1) is 0 Å². The number of hydrogen-bond donors (Lipinski definition) is 1. The van der Waals surface area contributed by atoms with E-state index in [1.807, 2.05) is 11.0 Å². The summed E-state index contributed by atoms with van der Waals surface area (Å²) in [4.78, 5) is 21.0. The molecule has 21 heavy (non-hydrogen) atoms. The van der Waals surface area contributed by atoms with Crippen molar-refractivity contribution in [1.82, 2.24) is 14.8 Å². The van der Waals surface area contributed by atoms with Crippen LogP contribution in [0, 0.1) is 0 Å². The molecule has 1 saturated heterocycles. The Kier molecular flexibility index (Phi) is 4.83. The number of piperazine rings is 1. The lowest BCUT2D eigenvalue weighted by atomic mass is 10.1. The Hall–Kier alpha value is -1.62. The second kappa shape index (κ2) is 6.43. The topological polar surface area (TPSA) is 48.5 Å². The molecule has 1 amide bonds. The van der Waals surface area contributed by atoms with Crippen LogP contribution in [0.2, 0.25) is 0 Å². The van der Waals surface area contributed by atoms with Crippen molar-refractivity contribution in [1.29, 1.82) is 0 Å². The van der Waals surface area contributed by atoms with Crippen LogP contribution >= 0.6 is 0 Å². The number of hydrogen-bond acceptors (Lipinski definition) is 4. The predicted molar refractivity (Wildman–Crippen MR) is 85.6 cm³/mol. The van der Waals surface area contributed by atoms with Gasteiger partial charge in [0.15, 0.2) is 0 Å². The molecule has 5 nitrogen and oxygen atoms in total. The maximum atomic E-state index is 12.6. The molecule has 2 rings (SSSR count). The van der Waals surface area contributed by atoms with E-state index in [2.05, 4.69) is 42.9 Å². The lowest BCUT2D eigenvalue weighted by Crippen LogP contribution is -2.48. The molecule has 1 fully saturated rings. The summed E-state index contributed by atoms with van der Waals surface area (Å²) < 4.78 is 0. The molecule has 1 N–H and O–H groups in total. The monoisotopic (exact) mass is 290 g/mol. The standard InChI is InChI=1S/C16H26N4O/c1-5-19-6-8-20(9-7-19)15(21)13-10-14(12-17-11-13)18-16(2,3)4/h10-12,18H,5-9H2,1-4H3. The van der Waals surface area contributed by atoms with Crippen molar-refractivity contribution >= 4 is 11.6 Å². The van der Waals surface area contributed by atoms with E-state index in [4.69, 9.17) is 0 Å². The number of rotatable bonds is 3. The van der Waals surface area contributed by atoms with Crippen molar-refractivity contribution in [2.24, 2.45) is 0 Å². The minimum Gasteiger partial charge on any atom is -0.379 e. The lowest BCUT2D eigenvalue weighted by Gasteiger charge is -2.34. The Morgan fingerprint density at radius 1 is 1.24 bits per heavy atom. The number of carbonyl (C=O) groups excluding carboxylic acids is 1. The highest BCUT2D eigenvalue weighted by molar-refractivity contribution is 5.94. The van der Waals surface area contributed by atoms with Crippen molar-refractivity contribution in [3.05, 3.63) is 24.0 Å². The maximum Gasteiger partial charge on any atom is 0.255 e. The van der Waals surface area contributed by atoms with E-state index in [0.29, 0.717) is 5.56 Å². The third-order valence-corrected chi connectivity index (χ3v) is 3.61. The summed E-state index contributed by atoms with van der Waals surface area (Å²) in [6.07, 6.45) is 3.42. The van der Waals surface area contributed by atoms with Crippen LogP contribution in [-0.2, 0) is 0 Å². The van der Waals surface area contributed by atoms with Crippen molar-refractivity contribution in [3.8, 4) is 0 Å². The summed E-state index contributed by atoms with van der Waals surface area (Å²) in [5.41, 5.74) is 1.51. The van der Waals surface area contributed by atoms with Gasteiger partial charge in [-0.25, -0.2) is 0 Å². The summed E-state index contributed by atoms with van der Waals surface area (Å²) in [7, 11) is 0. The molecule has 0 unspecified atom stereocenters. The number of amides is 1.